The number of allylic oxidation sites excluding steroid dienone is 1. The van der Waals surface area contributed by atoms with Crippen molar-refractivity contribution in [1.29, 1.82) is 0 Å². The molecule has 248 valence electrons. The number of carbonyl (C=O) groups excluding carboxylic acids is 1. The molecule has 0 radical (unpaired) electrons. The van der Waals surface area contributed by atoms with Gasteiger partial charge in [-0.25, -0.2) is 4.99 Å². The number of likely N-dealkylation sites (N-methyl/N-ethyl adjacent to an activating group) is 1. The number of amides is 1. The SMILES string of the molecule is CCN(CC)C(=O)C1=C(C)N=c2s/c(=C/c3cn(Cc4ccc(Cl)c(Cl)c4)c4ccccc34)c(=O)n2[C@@H]1c1c(OC)ccc2ccccc12. The molecule has 0 N–H and O–H groups in total. The molecule has 0 fully saturated rings. The minimum absolute atomic E-state index is 0.147. The van der Waals surface area contributed by atoms with Gasteiger partial charge in [0.1, 0.15) is 11.8 Å². The number of rotatable bonds is 8. The zero-order chi connectivity index (χ0) is 34.4. The van der Waals surface area contributed by atoms with Crippen LogP contribution in [-0.4, -0.2) is 40.1 Å². The molecule has 0 saturated heterocycles. The summed E-state index contributed by atoms with van der Waals surface area (Å²) in [7, 11) is 1.62. The second-order valence-electron chi connectivity index (χ2n) is 11.9. The Morgan fingerprint density at radius 2 is 1.71 bits per heavy atom. The fourth-order valence-electron chi connectivity index (χ4n) is 6.78. The minimum Gasteiger partial charge on any atom is -0.496 e. The van der Waals surface area contributed by atoms with E-state index < -0.39 is 6.04 Å². The first-order chi connectivity index (χ1) is 23.7. The van der Waals surface area contributed by atoms with Crippen molar-refractivity contribution in [3.63, 3.8) is 0 Å². The number of hydrogen-bond donors (Lipinski definition) is 0. The predicted molar refractivity (Wildman–Crippen MR) is 200 cm³/mol. The highest BCUT2D eigenvalue weighted by atomic mass is 35.5. The van der Waals surface area contributed by atoms with Gasteiger partial charge >= 0.3 is 0 Å². The highest BCUT2D eigenvalue weighted by molar-refractivity contribution is 7.07. The van der Waals surface area contributed by atoms with Crippen LogP contribution in [0.25, 0.3) is 27.8 Å². The number of benzene rings is 4. The number of nitrogens with zero attached hydrogens (tertiary/aromatic N) is 4. The van der Waals surface area contributed by atoms with Crippen molar-refractivity contribution in [3.8, 4) is 5.75 Å². The van der Waals surface area contributed by atoms with Gasteiger partial charge in [-0.05, 0) is 67.4 Å². The van der Waals surface area contributed by atoms with Gasteiger partial charge in [-0.15, -0.1) is 0 Å². The number of ether oxygens (including phenoxy) is 1. The summed E-state index contributed by atoms with van der Waals surface area (Å²) in [5.41, 5.74) is 4.52. The van der Waals surface area contributed by atoms with Crippen LogP contribution in [0.2, 0.25) is 10.0 Å². The Balaban J connectivity index is 1.45. The Morgan fingerprint density at radius 3 is 2.45 bits per heavy atom. The lowest BCUT2D eigenvalue weighted by atomic mass is 9.90. The molecule has 0 spiro atoms. The van der Waals surface area contributed by atoms with Crippen molar-refractivity contribution < 1.29 is 9.53 Å². The molecule has 3 heterocycles. The summed E-state index contributed by atoms with van der Waals surface area (Å²) in [6, 6.07) is 24.9. The summed E-state index contributed by atoms with van der Waals surface area (Å²) in [5.74, 6) is 0.453. The van der Waals surface area contributed by atoms with E-state index in [-0.39, 0.29) is 11.5 Å². The number of methoxy groups -OCH3 is 1. The van der Waals surface area contributed by atoms with Crippen molar-refractivity contribution in [1.82, 2.24) is 14.0 Å². The molecule has 0 aliphatic carbocycles. The minimum atomic E-state index is -0.747. The molecule has 0 unspecified atom stereocenters. The molecule has 4 aromatic carbocycles. The normalized spacial score (nSPS) is 14.7. The Labute approximate surface area is 297 Å². The van der Waals surface area contributed by atoms with E-state index in [0.29, 0.717) is 56.0 Å². The molecular weight excluding hydrogens is 675 g/mol. The molecule has 1 aliphatic rings. The van der Waals surface area contributed by atoms with E-state index in [0.717, 1.165) is 38.4 Å². The van der Waals surface area contributed by atoms with Crippen molar-refractivity contribution in [2.24, 2.45) is 4.99 Å². The van der Waals surface area contributed by atoms with Crippen molar-refractivity contribution >= 4 is 68.2 Å². The molecule has 1 atom stereocenters. The van der Waals surface area contributed by atoms with E-state index in [4.69, 9.17) is 32.9 Å². The monoisotopic (exact) mass is 708 g/mol. The second kappa shape index (κ2) is 13.3. The molecule has 49 heavy (non-hydrogen) atoms. The Morgan fingerprint density at radius 1 is 0.980 bits per heavy atom. The lowest BCUT2D eigenvalue weighted by Gasteiger charge is -2.30. The molecule has 7 nitrogen and oxygen atoms in total. The lowest BCUT2D eigenvalue weighted by Crippen LogP contribution is -2.43. The first-order valence-corrected chi connectivity index (χ1v) is 17.7. The zero-order valence-corrected chi connectivity index (χ0v) is 29.9. The van der Waals surface area contributed by atoms with Crippen LogP contribution in [0.1, 0.15) is 43.5 Å². The predicted octanol–water partition coefficient (Wildman–Crippen LogP) is 7.58. The summed E-state index contributed by atoms with van der Waals surface area (Å²) in [4.78, 5) is 36.2. The summed E-state index contributed by atoms with van der Waals surface area (Å²) in [6.07, 6.45) is 3.98. The smallest absolute Gasteiger partial charge is 0.271 e. The average molecular weight is 710 g/mol. The van der Waals surface area contributed by atoms with Crippen LogP contribution >= 0.6 is 34.5 Å². The summed E-state index contributed by atoms with van der Waals surface area (Å²) in [6.45, 7) is 7.40. The van der Waals surface area contributed by atoms with Gasteiger partial charge in [-0.3, -0.25) is 14.2 Å². The number of thiazole rings is 1. The Kier molecular flexibility index (Phi) is 8.96. The highest BCUT2D eigenvalue weighted by Gasteiger charge is 2.36. The van der Waals surface area contributed by atoms with Gasteiger partial charge in [-0.1, -0.05) is 89.1 Å². The van der Waals surface area contributed by atoms with E-state index in [1.54, 1.807) is 22.6 Å². The van der Waals surface area contributed by atoms with Crippen molar-refractivity contribution in [2.75, 3.05) is 20.2 Å². The van der Waals surface area contributed by atoms with E-state index >= 15 is 0 Å². The number of hydrogen-bond acceptors (Lipinski definition) is 5. The molecule has 0 saturated carbocycles. The molecule has 1 amide bonds. The van der Waals surface area contributed by atoms with Gasteiger partial charge in [0, 0.05) is 47.9 Å². The van der Waals surface area contributed by atoms with Crippen molar-refractivity contribution in [2.45, 2.75) is 33.4 Å². The second-order valence-corrected chi connectivity index (χ2v) is 13.8. The highest BCUT2D eigenvalue weighted by Crippen LogP contribution is 2.40. The van der Waals surface area contributed by atoms with Gasteiger partial charge in [0.05, 0.1) is 33.0 Å². The summed E-state index contributed by atoms with van der Waals surface area (Å²) < 4.78 is 10.3. The quantitative estimate of drug-likeness (QED) is 0.164. The lowest BCUT2D eigenvalue weighted by molar-refractivity contribution is -0.127. The van der Waals surface area contributed by atoms with Crippen LogP contribution in [0.15, 0.2) is 106 Å². The third kappa shape index (κ3) is 5.78. The molecule has 10 heteroatoms. The maximum absolute atomic E-state index is 14.7. The largest absolute Gasteiger partial charge is 0.496 e. The van der Waals surface area contributed by atoms with Crippen LogP contribution in [-0.2, 0) is 11.3 Å². The van der Waals surface area contributed by atoms with E-state index in [2.05, 4.69) is 22.9 Å². The number of carbonyl (C=O) groups is 1. The van der Waals surface area contributed by atoms with Crippen LogP contribution in [0, 0.1) is 0 Å². The maximum Gasteiger partial charge on any atom is 0.271 e. The molecule has 6 aromatic rings. The van der Waals surface area contributed by atoms with Crippen LogP contribution in [0.4, 0.5) is 0 Å². The number of aromatic nitrogens is 2. The van der Waals surface area contributed by atoms with Crippen LogP contribution in [0.3, 0.4) is 0 Å². The van der Waals surface area contributed by atoms with Crippen LogP contribution in [0.5, 0.6) is 5.75 Å². The van der Waals surface area contributed by atoms with Gasteiger partial charge in [-0.2, -0.15) is 0 Å². The van der Waals surface area contributed by atoms with E-state index in [9.17, 15) is 9.59 Å². The topological polar surface area (TPSA) is 68.8 Å². The first-order valence-electron chi connectivity index (χ1n) is 16.1. The fraction of sp³-hybridized carbons (Fsp3) is 0.205. The Bertz CT molecular complexity index is 2490. The summed E-state index contributed by atoms with van der Waals surface area (Å²) in [5, 5.41) is 3.92. The molecule has 2 aromatic heterocycles. The van der Waals surface area contributed by atoms with Gasteiger partial charge in [0.2, 0.25) is 0 Å². The molecule has 0 bridgehead atoms. The van der Waals surface area contributed by atoms with Crippen molar-refractivity contribution in [3.05, 3.63) is 143 Å². The van der Waals surface area contributed by atoms with E-state index in [1.165, 1.54) is 11.3 Å². The summed E-state index contributed by atoms with van der Waals surface area (Å²) >= 11 is 13.8. The van der Waals surface area contributed by atoms with Gasteiger partial charge < -0.3 is 14.2 Å². The molecule has 7 rings (SSSR count). The first kappa shape index (κ1) is 32.9. The fourth-order valence-corrected chi connectivity index (χ4v) is 8.14. The standard InChI is InChI=1S/C39H34Cl2N4O3S/c1-5-43(6-2)38(47)34-23(3)42-39-45(36(34)35-28-13-8-7-11-25(28)16-18-32(35)48-4)37(46)33(49-39)20-26-22-44(31-14-10-9-12-27(26)31)21-24-15-17-29(40)30(41)19-24/h7-20,22,36H,5-6,21H2,1-4H3/b33-20+/t36-/m0/s1. The van der Waals surface area contributed by atoms with E-state index in [1.807, 2.05) is 87.5 Å². The number of para-hydroxylation sites is 1. The van der Waals surface area contributed by atoms with Crippen LogP contribution < -0.4 is 19.6 Å². The zero-order valence-electron chi connectivity index (χ0n) is 27.5. The Hall–Kier alpha value is -4.63. The number of fused-ring (bicyclic) bond motifs is 3. The molecule has 1 aliphatic heterocycles. The average Bonchev–Trinajstić information content (AvgIpc) is 3.61. The van der Waals surface area contributed by atoms with Gasteiger partial charge in [0.25, 0.3) is 11.5 Å². The number of halogens is 2. The molecular formula is C39H34Cl2N4O3S. The third-order valence-electron chi connectivity index (χ3n) is 9.17. The maximum atomic E-state index is 14.7. The van der Waals surface area contributed by atoms with Gasteiger partial charge in [0.15, 0.2) is 4.80 Å². The third-order valence-corrected chi connectivity index (χ3v) is 10.9.